The Bertz CT molecular complexity index is 405. The third kappa shape index (κ3) is 5.43. The van der Waals surface area contributed by atoms with Crippen LogP contribution < -0.4 is 0 Å². The number of ketones is 1. The molecule has 1 heterocycles. The molecule has 3 nitrogen and oxygen atoms in total. The Morgan fingerprint density at radius 2 is 2.00 bits per heavy atom. The fourth-order valence-electron chi connectivity index (χ4n) is 2.38. The Balaban J connectivity index is 1.71. The highest BCUT2D eigenvalue weighted by Crippen LogP contribution is 2.16. The van der Waals surface area contributed by atoms with E-state index < -0.39 is 0 Å². The van der Waals surface area contributed by atoms with Crippen molar-refractivity contribution in [1.29, 1.82) is 0 Å². The topological polar surface area (TPSA) is 35.5 Å². The first-order valence-corrected chi connectivity index (χ1v) is 7.54. The molecule has 1 fully saturated rings. The molecule has 0 bridgehead atoms. The van der Waals surface area contributed by atoms with E-state index in [9.17, 15) is 4.79 Å². The highest BCUT2D eigenvalue weighted by Gasteiger charge is 2.13. The Morgan fingerprint density at radius 3 is 2.65 bits per heavy atom. The summed E-state index contributed by atoms with van der Waals surface area (Å²) in [5, 5.41) is 0. The van der Waals surface area contributed by atoms with Gasteiger partial charge in [0.15, 0.2) is 6.29 Å². The number of aryl methyl sites for hydroxylation is 1. The lowest BCUT2D eigenvalue weighted by molar-refractivity contribution is -0.168. The molecular formula is C17H24O3. The first-order valence-electron chi connectivity index (χ1n) is 7.54. The van der Waals surface area contributed by atoms with Crippen LogP contribution in [0.3, 0.4) is 0 Å². The molecule has 0 radical (unpaired) electrons. The van der Waals surface area contributed by atoms with Crippen LogP contribution in [0.5, 0.6) is 0 Å². The summed E-state index contributed by atoms with van der Waals surface area (Å²) in [6.45, 7) is 3.08. The van der Waals surface area contributed by atoms with Crippen molar-refractivity contribution in [3.8, 4) is 0 Å². The molecule has 0 amide bonds. The van der Waals surface area contributed by atoms with Gasteiger partial charge in [-0.3, -0.25) is 0 Å². The van der Waals surface area contributed by atoms with Crippen molar-refractivity contribution in [2.75, 3.05) is 6.61 Å². The van der Waals surface area contributed by atoms with Gasteiger partial charge in [-0.1, -0.05) is 24.3 Å². The monoisotopic (exact) mass is 276 g/mol. The summed E-state index contributed by atoms with van der Waals surface area (Å²) in [5.41, 5.74) is 2.46. The van der Waals surface area contributed by atoms with Crippen LogP contribution in [0.15, 0.2) is 24.3 Å². The standard InChI is InChI=1S/C17H24O3/c1-14(18)5-4-6-15-8-10-16(11-9-15)13-20-17-7-2-3-12-19-17/h8-11,17H,2-7,12-13H2,1H3. The molecule has 1 aromatic carbocycles. The van der Waals surface area contributed by atoms with Gasteiger partial charge in [0, 0.05) is 13.0 Å². The van der Waals surface area contributed by atoms with Gasteiger partial charge in [0.25, 0.3) is 0 Å². The molecule has 2 rings (SSSR count). The van der Waals surface area contributed by atoms with E-state index >= 15 is 0 Å². The molecule has 0 N–H and O–H groups in total. The van der Waals surface area contributed by atoms with Gasteiger partial charge in [-0.2, -0.15) is 0 Å². The van der Waals surface area contributed by atoms with Crippen molar-refractivity contribution in [2.24, 2.45) is 0 Å². The highest BCUT2D eigenvalue weighted by molar-refractivity contribution is 5.75. The number of carbonyl (C=O) groups excluding carboxylic acids is 1. The fourth-order valence-corrected chi connectivity index (χ4v) is 2.38. The minimum absolute atomic E-state index is 0.0287. The van der Waals surface area contributed by atoms with Crippen LogP contribution in [-0.4, -0.2) is 18.7 Å². The lowest BCUT2D eigenvalue weighted by Gasteiger charge is -2.22. The molecule has 110 valence electrons. The molecule has 1 aromatic rings. The van der Waals surface area contributed by atoms with Crippen LogP contribution in [0.4, 0.5) is 0 Å². The zero-order valence-electron chi connectivity index (χ0n) is 12.3. The maximum Gasteiger partial charge on any atom is 0.158 e. The third-order valence-corrected chi connectivity index (χ3v) is 3.59. The summed E-state index contributed by atoms with van der Waals surface area (Å²) >= 11 is 0. The number of carbonyl (C=O) groups is 1. The molecule has 0 aliphatic carbocycles. The molecular weight excluding hydrogens is 252 g/mol. The molecule has 1 saturated heterocycles. The number of Topliss-reactive ketones (excluding diaryl/α,β-unsaturated/α-hetero) is 1. The minimum atomic E-state index is -0.0287. The van der Waals surface area contributed by atoms with Gasteiger partial charge in [-0.25, -0.2) is 0 Å². The third-order valence-electron chi connectivity index (χ3n) is 3.59. The van der Waals surface area contributed by atoms with E-state index in [1.54, 1.807) is 6.92 Å². The van der Waals surface area contributed by atoms with Crippen molar-refractivity contribution in [3.63, 3.8) is 0 Å². The molecule has 0 spiro atoms. The maximum absolute atomic E-state index is 10.9. The zero-order chi connectivity index (χ0) is 14.2. The number of hydrogen-bond donors (Lipinski definition) is 0. The molecule has 20 heavy (non-hydrogen) atoms. The molecule has 1 aliphatic heterocycles. The van der Waals surface area contributed by atoms with E-state index in [-0.39, 0.29) is 12.1 Å². The Labute approximate surface area is 121 Å². The summed E-state index contributed by atoms with van der Waals surface area (Å²) in [5.74, 6) is 0.266. The second kappa shape index (κ2) is 8.18. The highest BCUT2D eigenvalue weighted by atomic mass is 16.7. The SMILES string of the molecule is CC(=O)CCCc1ccc(COC2CCCCO2)cc1. The van der Waals surface area contributed by atoms with Crippen LogP contribution in [0, 0.1) is 0 Å². The summed E-state index contributed by atoms with van der Waals surface area (Å²) in [6.07, 6.45) is 5.88. The fraction of sp³-hybridized carbons (Fsp3) is 0.588. The minimum Gasteiger partial charge on any atom is -0.353 e. The summed E-state index contributed by atoms with van der Waals surface area (Å²) in [4.78, 5) is 10.9. The lowest BCUT2D eigenvalue weighted by Crippen LogP contribution is -2.21. The normalized spacial score (nSPS) is 18.9. The predicted molar refractivity (Wildman–Crippen MR) is 78.4 cm³/mol. The van der Waals surface area contributed by atoms with Gasteiger partial charge in [0.2, 0.25) is 0 Å². The van der Waals surface area contributed by atoms with Crippen molar-refractivity contribution in [1.82, 2.24) is 0 Å². The average molecular weight is 276 g/mol. The quantitative estimate of drug-likeness (QED) is 0.762. The summed E-state index contributed by atoms with van der Waals surface area (Å²) in [7, 11) is 0. The van der Waals surface area contributed by atoms with Crippen LogP contribution in [0.1, 0.15) is 50.2 Å². The number of hydrogen-bond acceptors (Lipinski definition) is 3. The Hall–Kier alpha value is -1.19. The molecule has 1 atom stereocenters. The van der Waals surface area contributed by atoms with Gasteiger partial charge in [-0.15, -0.1) is 0 Å². The number of rotatable bonds is 7. The van der Waals surface area contributed by atoms with Crippen molar-refractivity contribution >= 4 is 5.78 Å². The molecule has 0 aromatic heterocycles. The van der Waals surface area contributed by atoms with E-state index in [4.69, 9.17) is 9.47 Å². The Morgan fingerprint density at radius 1 is 1.25 bits per heavy atom. The van der Waals surface area contributed by atoms with Gasteiger partial charge in [-0.05, 0) is 50.2 Å². The maximum atomic E-state index is 10.9. The van der Waals surface area contributed by atoms with E-state index in [0.29, 0.717) is 13.0 Å². The van der Waals surface area contributed by atoms with Gasteiger partial charge >= 0.3 is 0 Å². The summed E-state index contributed by atoms with van der Waals surface area (Å²) < 4.78 is 11.3. The van der Waals surface area contributed by atoms with E-state index in [1.165, 1.54) is 17.5 Å². The van der Waals surface area contributed by atoms with E-state index in [2.05, 4.69) is 24.3 Å². The molecule has 1 unspecified atom stereocenters. The van der Waals surface area contributed by atoms with Crippen molar-refractivity contribution in [3.05, 3.63) is 35.4 Å². The van der Waals surface area contributed by atoms with Crippen LogP contribution >= 0.6 is 0 Å². The van der Waals surface area contributed by atoms with E-state index in [0.717, 1.165) is 32.3 Å². The first-order chi connectivity index (χ1) is 9.74. The molecule has 3 heteroatoms. The van der Waals surface area contributed by atoms with Crippen molar-refractivity contribution < 1.29 is 14.3 Å². The largest absolute Gasteiger partial charge is 0.353 e. The number of benzene rings is 1. The van der Waals surface area contributed by atoms with Crippen molar-refractivity contribution in [2.45, 2.75) is 58.3 Å². The van der Waals surface area contributed by atoms with Gasteiger partial charge in [0.05, 0.1) is 6.61 Å². The lowest BCUT2D eigenvalue weighted by atomic mass is 10.1. The van der Waals surface area contributed by atoms with Crippen LogP contribution in [-0.2, 0) is 27.3 Å². The van der Waals surface area contributed by atoms with E-state index in [1.807, 2.05) is 0 Å². The first kappa shape index (κ1) is 15.2. The second-order valence-corrected chi connectivity index (χ2v) is 5.48. The average Bonchev–Trinajstić information content (AvgIpc) is 2.47. The predicted octanol–water partition coefficient (Wildman–Crippen LogP) is 3.64. The Kier molecular flexibility index (Phi) is 6.22. The molecule has 0 saturated carbocycles. The number of ether oxygens (including phenoxy) is 2. The zero-order valence-corrected chi connectivity index (χ0v) is 12.3. The smallest absolute Gasteiger partial charge is 0.158 e. The van der Waals surface area contributed by atoms with Gasteiger partial charge < -0.3 is 14.3 Å². The second-order valence-electron chi connectivity index (χ2n) is 5.48. The summed E-state index contributed by atoms with van der Waals surface area (Å²) in [6, 6.07) is 8.46. The molecule has 1 aliphatic rings. The van der Waals surface area contributed by atoms with Crippen LogP contribution in [0.2, 0.25) is 0 Å². The van der Waals surface area contributed by atoms with Crippen LogP contribution in [0.25, 0.3) is 0 Å². The van der Waals surface area contributed by atoms with Gasteiger partial charge in [0.1, 0.15) is 5.78 Å².